The summed E-state index contributed by atoms with van der Waals surface area (Å²) in [5.74, 6) is 0.495. The number of benzene rings is 1. The Morgan fingerprint density at radius 2 is 1.77 bits per heavy atom. The molecule has 2 aromatic rings. The van der Waals surface area contributed by atoms with E-state index in [0.29, 0.717) is 19.0 Å². The smallest absolute Gasteiger partial charge is 0.242 e. The highest BCUT2D eigenvalue weighted by Crippen LogP contribution is 2.30. The van der Waals surface area contributed by atoms with Gasteiger partial charge in [0.05, 0.1) is 23.3 Å². The number of nitrogens with zero attached hydrogens (tertiary/aromatic N) is 3. The molecular formula is C24H31N5O2. The molecule has 1 aromatic heterocycles. The first kappa shape index (κ1) is 21.3. The second kappa shape index (κ2) is 8.67. The summed E-state index contributed by atoms with van der Waals surface area (Å²) >= 11 is 0. The Morgan fingerprint density at radius 3 is 2.35 bits per heavy atom. The summed E-state index contributed by atoms with van der Waals surface area (Å²) in [5.41, 5.74) is 8.27. The molecule has 7 nitrogen and oxygen atoms in total. The van der Waals surface area contributed by atoms with Gasteiger partial charge in [-0.2, -0.15) is 0 Å². The number of pyridine rings is 1. The number of aromatic nitrogens is 1. The van der Waals surface area contributed by atoms with Crippen LogP contribution in [0.4, 0.5) is 11.4 Å². The molecule has 0 aliphatic carbocycles. The summed E-state index contributed by atoms with van der Waals surface area (Å²) in [7, 11) is 0. The van der Waals surface area contributed by atoms with Crippen LogP contribution in [0.15, 0.2) is 48.8 Å². The Kier molecular flexibility index (Phi) is 5.96. The SMILES string of the molecule is CC(C)(N)C(=O)N1CCC(c2ccc(NC(=O)C3CN(c4cccnc4)C3)cc2)CC1. The van der Waals surface area contributed by atoms with Crippen LogP contribution in [0.3, 0.4) is 0 Å². The van der Waals surface area contributed by atoms with E-state index in [-0.39, 0.29) is 17.7 Å². The van der Waals surface area contributed by atoms with E-state index >= 15 is 0 Å². The topological polar surface area (TPSA) is 91.6 Å². The standard InChI is InChI=1S/C24H31N5O2/c1-24(2,25)23(31)28-12-9-18(10-13-28)17-5-7-20(8-6-17)27-22(30)19-15-29(16-19)21-4-3-11-26-14-21/h3-8,11,14,18-19H,9-10,12-13,15-16,25H2,1-2H3,(H,27,30). The lowest BCUT2D eigenvalue weighted by atomic mass is 9.88. The molecule has 0 saturated carbocycles. The summed E-state index contributed by atoms with van der Waals surface area (Å²) in [4.78, 5) is 33.0. The van der Waals surface area contributed by atoms with E-state index < -0.39 is 5.54 Å². The Balaban J connectivity index is 1.26. The van der Waals surface area contributed by atoms with Crippen LogP contribution in [-0.2, 0) is 9.59 Å². The number of hydrogen-bond acceptors (Lipinski definition) is 5. The number of carbonyl (C=O) groups excluding carboxylic acids is 2. The van der Waals surface area contributed by atoms with Gasteiger partial charge in [-0.3, -0.25) is 14.6 Å². The average Bonchev–Trinajstić information content (AvgIpc) is 2.73. The van der Waals surface area contributed by atoms with E-state index in [0.717, 1.165) is 37.3 Å². The van der Waals surface area contributed by atoms with Gasteiger partial charge in [-0.1, -0.05) is 12.1 Å². The molecule has 3 heterocycles. The Labute approximate surface area is 183 Å². The van der Waals surface area contributed by atoms with Gasteiger partial charge in [0.25, 0.3) is 0 Å². The van der Waals surface area contributed by atoms with E-state index in [2.05, 4.69) is 27.3 Å². The lowest BCUT2D eigenvalue weighted by Gasteiger charge is -2.39. The van der Waals surface area contributed by atoms with Gasteiger partial charge in [-0.15, -0.1) is 0 Å². The second-order valence-corrected chi connectivity index (χ2v) is 9.21. The molecule has 1 aromatic carbocycles. The maximum absolute atomic E-state index is 12.5. The highest BCUT2D eigenvalue weighted by atomic mass is 16.2. The molecule has 164 valence electrons. The molecule has 2 aliphatic heterocycles. The Morgan fingerprint density at radius 1 is 1.10 bits per heavy atom. The third-order valence-corrected chi connectivity index (χ3v) is 6.25. The van der Waals surface area contributed by atoms with Crippen molar-refractivity contribution in [3.63, 3.8) is 0 Å². The molecule has 3 N–H and O–H groups in total. The zero-order chi connectivity index (χ0) is 22.0. The van der Waals surface area contributed by atoms with Crippen LogP contribution in [0.5, 0.6) is 0 Å². The van der Waals surface area contributed by atoms with Crippen molar-refractivity contribution in [2.24, 2.45) is 11.7 Å². The number of likely N-dealkylation sites (tertiary alicyclic amines) is 1. The van der Waals surface area contributed by atoms with E-state index in [1.807, 2.05) is 35.4 Å². The quantitative estimate of drug-likeness (QED) is 0.774. The van der Waals surface area contributed by atoms with Crippen molar-refractivity contribution in [2.45, 2.75) is 38.1 Å². The van der Waals surface area contributed by atoms with Crippen molar-refractivity contribution in [3.8, 4) is 0 Å². The number of rotatable bonds is 5. The summed E-state index contributed by atoms with van der Waals surface area (Å²) < 4.78 is 0. The molecule has 2 fully saturated rings. The van der Waals surface area contributed by atoms with Crippen LogP contribution >= 0.6 is 0 Å². The molecule has 0 unspecified atom stereocenters. The normalized spacial score (nSPS) is 17.9. The summed E-state index contributed by atoms with van der Waals surface area (Å²) in [6.45, 7) is 6.41. The van der Waals surface area contributed by atoms with Gasteiger partial charge in [0.2, 0.25) is 11.8 Å². The van der Waals surface area contributed by atoms with Crippen molar-refractivity contribution in [3.05, 3.63) is 54.4 Å². The van der Waals surface area contributed by atoms with Gasteiger partial charge >= 0.3 is 0 Å². The van der Waals surface area contributed by atoms with Crippen molar-refractivity contribution in [1.29, 1.82) is 0 Å². The molecule has 0 radical (unpaired) electrons. The molecule has 2 saturated heterocycles. The predicted octanol–water partition coefficient (Wildman–Crippen LogP) is 2.60. The van der Waals surface area contributed by atoms with Gasteiger partial charge in [-0.05, 0) is 62.4 Å². The van der Waals surface area contributed by atoms with Gasteiger partial charge < -0.3 is 20.9 Å². The lowest BCUT2D eigenvalue weighted by molar-refractivity contribution is -0.136. The van der Waals surface area contributed by atoms with Gasteiger partial charge in [0.15, 0.2) is 0 Å². The summed E-state index contributed by atoms with van der Waals surface area (Å²) in [5, 5.41) is 3.04. The fraction of sp³-hybridized carbons (Fsp3) is 0.458. The minimum atomic E-state index is -0.817. The molecule has 0 spiro atoms. The molecule has 0 bridgehead atoms. The van der Waals surface area contributed by atoms with E-state index in [4.69, 9.17) is 5.73 Å². The van der Waals surface area contributed by atoms with Crippen molar-refractivity contribution in [1.82, 2.24) is 9.88 Å². The number of amides is 2. The first-order valence-corrected chi connectivity index (χ1v) is 11.0. The van der Waals surface area contributed by atoms with Crippen molar-refractivity contribution >= 4 is 23.2 Å². The molecule has 31 heavy (non-hydrogen) atoms. The summed E-state index contributed by atoms with van der Waals surface area (Å²) in [6, 6.07) is 12.1. The molecule has 0 atom stereocenters. The van der Waals surface area contributed by atoms with Crippen LogP contribution in [0.2, 0.25) is 0 Å². The van der Waals surface area contributed by atoms with Crippen LogP contribution < -0.4 is 16.0 Å². The van der Waals surface area contributed by atoms with Crippen LogP contribution in [-0.4, -0.2) is 53.4 Å². The molecule has 4 rings (SSSR count). The first-order chi connectivity index (χ1) is 14.8. The van der Waals surface area contributed by atoms with E-state index in [1.54, 1.807) is 20.0 Å². The minimum absolute atomic E-state index is 0.00598. The van der Waals surface area contributed by atoms with Gasteiger partial charge in [0.1, 0.15) is 0 Å². The third-order valence-electron chi connectivity index (χ3n) is 6.25. The lowest BCUT2D eigenvalue weighted by Crippen LogP contribution is -2.53. The van der Waals surface area contributed by atoms with Gasteiger partial charge in [0, 0.05) is 38.1 Å². The highest BCUT2D eigenvalue weighted by molar-refractivity contribution is 5.94. The van der Waals surface area contributed by atoms with Crippen molar-refractivity contribution < 1.29 is 9.59 Å². The Hall–Kier alpha value is -2.93. The van der Waals surface area contributed by atoms with Crippen LogP contribution in [0.25, 0.3) is 0 Å². The summed E-state index contributed by atoms with van der Waals surface area (Å²) in [6.07, 6.45) is 5.44. The zero-order valence-corrected chi connectivity index (χ0v) is 18.3. The predicted molar refractivity (Wildman–Crippen MR) is 122 cm³/mol. The first-order valence-electron chi connectivity index (χ1n) is 11.0. The molecular weight excluding hydrogens is 390 g/mol. The second-order valence-electron chi connectivity index (χ2n) is 9.21. The molecule has 2 aliphatic rings. The van der Waals surface area contributed by atoms with Crippen LogP contribution in [0, 0.1) is 5.92 Å². The van der Waals surface area contributed by atoms with Gasteiger partial charge in [-0.25, -0.2) is 0 Å². The molecule has 2 amide bonds. The Bertz CT molecular complexity index is 909. The fourth-order valence-corrected chi connectivity index (χ4v) is 4.30. The fourth-order valence-electron chi connectivity index (χ4n) is 4.30. The zero-order valence-electron chi connectivity index (χ0n) is 18.3. The highest BCUT2D eigenvalue weighted by Gasteiger charge is 2.33. The third kappa shape index (κ3) is 4.88. The monoisotopic (exact) mass is 421 g/mol. The number of nitrogens with two attached hydrogens (primary N) is 1. The maximum atomic E-state index is 12.5. The number of nitrogens with one attached hydrogen (secondary N) is 1. The van der Waals surface area contributed by atoms with E-state index in [1.165, 1.54) is 5.56 Å². The number of carbonyl (C=O) groups is 2. The van der Waals surface area contributed by atoms with Crippen molar-refractivity contribution in [2.75, 3.05) is 36.4 Å². The number of piperidine rings is 1. The minimum Gasteiger partial charge on any atom is -0.369 e. The maximum Gasteiger partial charge on any atom is 0.242 e. The number of hydrogen-bond donors (Lipinski definition) is 2. The average molecular weight is 422 g/mol. The largest absolute Gasteiger partial charge is 0.369 e. The molecule has 7 heteroatoms. The van der Waals surface area contributed by atoms with Crippen LogP contribution in [0.1, 0.15) is 38.2 Å². The number of anilines is 2. The van der Waals surface area contributed by atoms with E-state index in [9.17, 15) is 9.59 Å².